The first kappa shape index (κ1) is 15.0. The summed E-state index contributed by atoms with van der Waals surface area (Å²) in [4.78, 5) is 10.8. The molecule has 0 amide bonds. The Morgan fingerprint density at radius 2 is 2.00 bits per heavy atom. The van der Waals surface area contributed by atoms with E-state index in [1.807, 2.05) is 19.9 Å². The van der Waals surface area contributed by atoms with Crippen molar-refractivity contribution in [3.63, 3.8) is 0 Å². The second-order valence-electron chi connectivity index (χ2n) is 5.85. The maximum atomic E-state index is 10.8. The van der Waals surface area contributed by atoms with Gasteiger partial charge in [0.05, 0.1) is 12.8 Å². The van der Waals surface area contributed by atoms with Crippen LogP contribution < -0.4 is 0 Å². The Bertz CT molecular complexity index is 634. The molecular weight excluding hydrogens is 272 g/mol. The van der Waals surface area contributed by atoms with Crippen LogP contribution in [0.2, 0.25) is 0 Å². The molecule has 2 N–H and O–H groups in total. The molecule has 112 valence electrons. The highest BCUT2D eigenvalue weighted by molar-refractivity contribution is 5.67. The van der Waals surface area contributed by atoms with Crippen molar-refractivity contribution >= 4 is 5.97 Å². The van der Waals surface area contributed by atoms with Gasteiger partial charge in [0, 0.05) is 6.42 Å². The number of carboxylic acid groups (broad SMARTS) is 1. The lowest BCUT2D eigenvalue weighted by Gasteiger charge is -2.19. The van der Waals surface area contributed by atoms with E-state index in [9.17, 15) is 9.90 Å². The number of hydrogen-bond donors (Lipinski definition) is 2. The van der Waals surface area contributed by atoms with E-state index in [1.165, 1.54) is 0 Å². The van der Waals surface area contributed by atoms with Crippen LogP contribution >= 0.6 is 0 Å². The van der Waals surface area contributed by atoms with Crippen molar-refractivity contribution in [3.8, 4) is 5.75 Å². The Hall–Kier alpha value is -2.37. The molecule has 0 aliphatic carbocycles. The van der Waals surface area contributed by atoms with Gasteiger partial charge >= 0.3 is 5.97 Å². The van der Waals surface area contributed by atoms with Gasteiger partial charge in [-0.05, 0) is 23.1 Å². The first-order valence-corrected chi connectivity index (χ1v) is 6.65. The molecule has 0 aliphatic rings. The number of phenolic OH excluding ortho intramolecular Hbond substituents is 1. The number of phenols is 1. The summed E-state index contributed by atoms with van der Waals surface area (Å²) < 4.78 is 5.55. The predicted octanol–water partition coefficient (Wildman–Crippen LogP) is 2.41. The molecule has 1 aromatic heterocycles. The van der Waals surface area contributed by atoms with Gasteiger partial charge in [0.1, 0.15) is 5.75 Å². The Labute approximate surface area is 122 Å². The maximum absolute atomic E-state index is 10.8. The molecule has 0 saturated heterocycles. The molecule has 0 fully saturated rings. The number of carbonyl (C=O) groups is 1. The summed E-state index contributed by atoms with van der Waals surface area (Å²) in [5.41, 5.74) is 0.427. The van der Waals surface area contributed by atoms with E-state index >= 15 is 0 Å². The highest BCUT2D eigenvalue weighted by atomic mass is 16.4. The number of nitrogens with zero attached hydrogens (tertiary/aromatic N) is 2. The van der Waals surface area contributed by atoms with Gasteiger partial charge in [0.15, 0.2) is 0 Å². The second-order valence-corrected chi connectivity index (χ2v) is 5.85. The van der Waals surface area contributed by atoms with Gasteiger partial charge < -0.3 is 14.6 Å². The van der Waals surface area contributed by atoms with Gasteiger partial charge in [-0.15, -0.1) is 10.2 Å². The van der Waals surface area contributed by atoms with Crippen molar-refractivity contribution in [1.82, 2.24) is 10.2 Å². The molecule has 0 aliphatic heterocycles. The molecule has 2 aromatic rings. The van der Waals surface area contributed by atoms with Gasteiger partial charge in [0.25, 0.3) is 0 Å². The number of rotatable bonds is 6. The SMILES string of the molecule is CC(C)(CC(=O)O)Cc1nnc(Cc2cccc(O)c2)o1. The summed E-state index contributed by atoms with van der Waals surface area (Å²) in [6, 6.07) is 6.84. The van der Waals surface area contributed by atoms with Gasteiger partial charge in [-0.25, -0.2) is 0 Å². The van der Waals surface area contributed by atoms with Crippen LogP contribution in [0.4, 0.5) is 0 Å². The number of hydrogen-bond acceptors (Lipinski definition) is 5. The largest absolute Gasteiger partial charge is 0.508 e. The van der Waals surface area contributed by atoms with Crippen molar-refractivity contribution in [1.29, 1.82) is 0 Å². The average Bonchev–Trinajstić information content (AvgIpc) is 2.73. The summed E-state index contributed by atoms with van der Waals surface area (Å²) in [5.74, 6) is 0.215. The van der Waals surface area contributed by atoms with E-state index in [-0.39, 0.29) is 12.2 Å². The molecule has 6 heteroatoms. The summed E-state index contributed by atoms with van der Waals surface area (Å²) in [6.45, 7) is 3.69. The lowest BCUT2D eigenvalue weighted by atomic mass is 9.86. The van der Waals surface area contributed by atoms with Crippen LogP contribution in [-0.4, -0.2) is 26.4 Å². The van der Waals surface area contributed by atoms with Crippen molar-refractivity contribution in [2.75, 3.05) is 0 Å². The minimum absolute atomic E-state index is 0.0390. The van der Waals surface area contributed by atoms with Crippen LogP contribution in [0.5, 0.6) is 5.75 Å². The van der Waals surface area contributed by atoms with Crippen LogP contribution in [-0.2, 0) is 17.6 Å². The molecule has 0 unspecified atom stereocenters. The number of carboxylic acids is 1. The molecule has 0 bridgehead atoms. The summed E-state index contributed by atoms with van der Waals surface area (Å²) in [7, 11) is 0. The third-order valence-electron chi connectivity index (χ3n) is 3.03. The molecule has 1 heterocycles. The summed E-state index contributed by atoms with van der Waals surface area (Å²) in [5, 5.41) is 26.2. The van der Waals surface area contributed by atoms with E-state index in [2.05, 4.69) is 10.2 Å². The molecule has 0 saturated carbocycles. The first-order chi connectivity index (χ1) is 9.84. The molecular formula is C15H18N2O4. The fraction of sp³-hybridized carbons (Fsp3) is 0.400. The Morgan fingerprint density at radius 1 is 1.29 bits per heavy atom. The lowest BCUT2D eigenvalue weighted by Crippen LogP contribution is -2.19. The number of aliphatic carboxylic acids is 1. The van der Waals surface area contributed by atoms with Crippen LogP contribution in [0.3, 0.4) is 0 Å². The van der Waals surface area contributed by atoms with Crippen molar-refractivity contribution in [2.24, 2.45) is 5.41 Å². The van der Waals surface area contributed by atoms with Gasteiger partial charge in [0.2, 0.25) is 11.8 Å². The van der Waals surface area contributed by atoms with Gasteiger partial charge in [-0.3, -0.25) is 4.79 Å². The molecule has 1 aromatic carbocycles. The number of benzene rings is 1. The van der Waals surface area contributed by atoms with Gasteiger partial charge in [-0.1, -0.05) is 26.0 Å². The van der Waals surface area contributed by atoms with E-state index < -0.39 is 11.4 Å². The molecule has 6 nitrogen and oxygen atoms in total. The van der Waals surface area contributed by atoms with Crippen molar-refractivity contribution < 1.29 is 19.4 Å². The number of aromatic hydroxyl groups is 1. The van der Waals surface area contributed by atoms with Crippen molar-refractivity contribution in [2.45, 2.75) is 33.1 Å². The molecule has 2 rings (SSSR count). The molecule has 21 heavy (non-hydrogen) atoms. The first-order valence-electron chi connectivity index (χ1n) is 6.65. The van der Waals surface area contributed by atoms with Crippen LogP contribution in [0.15, 0.2) is 28.7 Å². The highest BCUT2D eigenvalue weighted by Crippen LogP contribution is 2.25. The zero-order chi connectivity index (χ0) is 15.5. The van der Waals surface area contributed by atoms with E-state index in [0.29, 0.717) is 24.6 Å². The molecule has 0 spiro atoms. The molecule has 0 radical (unpaired) electrons. The van der Waals surface area contributed by atoms with Crippen LogP contribution in [0, 0.1) is 5.41 Å². The zero-order valence-corrected chi connectivity index (χ0v) is 12.0. The van der Waals surface area contributed by atoms with E-state index in [0.717, 1.165) is 5.56 Å². The van der Waals surface area contributed by atoms with E-state index in [4.69, 9.17) is 9.52 Å². The highest BCUT2D eigenvalue weighted by Gasteiger charge is 2.25. The van der Waals surface area contributed by atoms with Crippen LogP contribution in [0.25, 0.3) is 0 Å². The molecule has 0 atom stereocenters. The van der Waals surface area contributed by atoms with Gasteiger partial charge in [-0.2, -0.15) is 0 Å². The Morgan fingerprint density at radius 3 is 2.67 bits per heavy atom. The fourth-order valence-corrected chi connectivity index (χ4v) is 2.15. The average molecular weight is 290 g/mol. The standard InChI is InChI=1S/C15H18N2O4/c1-15(2,9-14(19)20)8-13-17-16-12(21-13)7-10-4-3-5-11(18)6-10/h3-6,18H,7-9H2,1-2H3,(H,19,20). The summed E-state index contributed by atoms with van der Waals surface area (Å²) >= 11 is 0. The minimum atomic E-state index is -0.848. The zero-order valence-electron chi connectivity index (χ0n) is 12.0. The Balaban J connectivity index is 2.03. The second kappa shape index (κ2) is 5.95. The third kappa shape index (κ3) is 4.59. The fourth-order valence-electron chi connectivity index (χ4n) is 2.15. The smallest absolute Gasteiger partial charge is 0.303 e. The Kier molecular flexibility index (Phi) is 4.26. The van der Waals surface area contributed by atoms with Crippen LogP contribution in [0.1, 0.15) is 37.6 Å². The van der Waals surface area contributed by atoms with Crippen molar-refractivity contribution in [3.05, 3.63) is 41.6 Å². The van der Waals surface area contributed by atoms with E-state index in [1.54, 1.807) is 18.2 Å². The number of aromatic nitrogens is 2. The normalized spacial score (nSPS) is 11.5. The maximum Gasteiger partial charge on any atom is 0.303 e. The third-order valence-corrected chi connectivity index (χ3v) is 3.03. The quantitative estimate of drug-likeness (QED) is 0.848. The monoisotopic (exact) mass is 290 g/mol. The topological polar surface area (TPSA) is 96.5 Å². The predicted molar refractivity (Wildman–Crippen MR) is 74.9 cm³/mol. The summed E-state index contributed by atoms with van der Waals surface area (Å²) in [6.07, 6.45) is 0.879. The lowest BCUT2D eigenvalue weighted by molar-refractivity contribution is -0.139. The minimum Gasteiger partial charge on any atom is -0.508 e.